The number of carbonyl (C=O) groups is 1. The van der Waals surface area contributed by atoms with Gasteiger partial charge in [0.25, 0.3) is 0 Å². The molecule has 1 aromatic heterocycles. The van der Waals surface area contributed by atoms with E-state index in [0.29, 0.717) is 17.2 Å². The summed E-state index contributed by atoms with van der Waals surface area (Å²) < 4.78 is 5.39. The maximum absolute atomic E-state index is 11.3. The van der Waals surface area contributed by atoms with E-state index < -0.39 is 11.9 Å². The van der Waals surface area contributed by atoms with Crippen molar-refractivity contribution in [2.75, 3.05) is 0 Å². The van der Waals surface area contributed by atoms with Crippen LogP contribution in [0.15, 0.2) is 4.52 Å². The lowest BCUT2D eigenvalue weighted by molar-refractivity contribution is -0.139. The fourth-order valence-electron chi connectivity index (χ4n) is 3.76. The van der Waals surface area contributed by atoms with E-state index in [1.54, 1.807) is 0 Å². The maximum atomic E-state index is 11.3. The number of hydrogen-bond donors (Lipinski definition) is 1. The Morgan fingerprint density at radius 1 is 1.24 bits per heavy atom. The lowest BCUT2D eigenvalue weighted by Gasteiger charge is -2.32. The van der Waals surface area contributed by atoms with Crippen LogP contribution in [0.4, 0.5) is 0 Å². The Balaban J connectivity index is 1.72. The minimum absolute atomic E-state index is 0.142. The van der Waals surface area contributed by atoms with Crippen LogP contribution in [0.3, 0.4) is 0 Å². The van der Waals surface area contributed by atoms with Gasteiger partial charge in [0.05, 0.1) is 11.8 Å². The molecule has 5 heteroatoms. The summed E-state index contributed by atoms with van der Waals surface area (Å²) in [4.78, 5) is 15.8. The van der Waals surface area contributed by atoms with E-state index >= 15 is 0 Å². The van der Waals surface area contributed by atoms with Crippen molar-refractivity contribution in [2.24, 2.45) is 16.7 Å². The van der Waals surface area contributed by atoms with Gasteiger partial charge in [0.15, 0.2) is 5.82 Å². The van der Waals surface area contributed by atoms with Gasteiger partial charge in [-0.25, -0.2) is 0 Å². The Labute approximate surface area is 125 Å². The zero-order valence-electron chi connectivity index (χ0n) is 13.2. The molecule has 0 saturated heterocycles. The molecule has 5 nitrogen and oxygen atoms in total. The van der Waals surface area contributed by atoms with Crippen molar-refractivity contribution in [3.05, 3.63) is 11.7 Å². The standard InChI is InChI=1S/C16H24N2O3/c1-15(2)7-5-9(6-8-15)12-17-13(21-18-12)10-11(14(19)20)16(10,3)4/h9-11H,5-8H2,1-4H3,(H,19,20). The lowest BCUT2D eigenvalue weighted by atomic mass is 9.73. The van der Waals surface area contributed by atoms with Crippen LogP contribution in [0, 0.1) is 16.7 Å². The minimum atomic E-state index is -0.774. The number of hydrogen-bond acceptors (Lipinski definition) is 4. The molecule has 2 aliphatic rings. The van der Waals surface area contributed by atoms with Crippen molar-refractivity contribution < 1.29 is 14.4 Å². The van der Waals surface area contributed by atoms with Crippen molar-refractivity contribution in [3.63, 3.8) is 0 Å². The number of aromatic nitrogens is 2. The second-order valence-corrected chi connectivity index (χ2v) is 8.04. The zero-order valence-corrected chi connectivity index (χ0v) is 13.2. The van der Waals surface area contributed by atoms with Crippen molar-refractivity contribution in [1.29, 1.82) is 0 Å². The third kappa shape index (κ3) is 2.47. The first-order valence-electron chi connectivity index (χ1n) is 7.79. The fraction of sp³-hybridized carbons (Fsp3) is 0.812. The summed E-state index contributed by atoms with van der Waals surface area (Å²) in [6.07, 6.45) is 4.52. The second kappa shape index (κ2) is 4.55. The van der Waals surface area contributed by atoms with E-state index in [-0.39, 0.29) is 11.3 Å². The number of rotatable bonds is 3. The van der Waals surface area contributed by atoms with E-state index in [2.05, 4.69) is 24.0 Å². The second-order valence-electron chi connectivity index (χ2n) is 8.04. The van der Waals surface area contributed by atoms with Gasteiger partial charge in [0.2, 0.25) is 5.89 Å². The van der Waals surface area contributed by atoms with Crippen molar-refractivity contribution in [1.82, 2.24) is 10.1 Å². The molecule has 0 bridgehead atoms. The molecule has 116 valence electrons. The Kier molecular flexibility index (Phi) is 3.15. The number of aliphatic carboxylic acids is 1. The summed E-state index contributed by atoms with van der Waals surface area (Å²) in [6.45, 7) is 8.50. The molecule has 2 atom stereocenters. The molecule has 1 N–H and O–H groups in total. The highest BCUT2D eigenvalue weighted by atomic mass is 16.5. The van der Waals surface area contributed by atoms with Gasteiger partial charge < -0.3 is 9.63 Å². The molecule has 2 fully saturated rings. The molecule has 21 heavy (non-hydrogen) atoms. The van der Waals surface area contributed by atoms with E-state index in [1.807, 2.05) is 13.8 Å². The fourth-order valence-corrected chi connectivity index (χ4v) is 3.76. The highest BCUT2D eigenvalue weighted by Gasteiger charge is 2.65. The molecule has 0 radical (unpaired) electrons. The highest BCUT2D eigenvalue weighted by Crippen LogP contribution is 2.64. The van der Waals surface area contributed by atoms with Crippen LogP contribution in [-0.4, -0.2) is 21.2 Å². The van der Waals surface area contributed by atoms with E-state index in [9.17, 15) is 9.90 Å². The summed E-state index contributed by atoms with van der Waals surface area (Å²) >= 11 is 0. The SMILES string of the molecule is CC1(C)CCC(c2noc(C3C(C(=O)O)C3(C)C)n2)CC1. The summed E-state index contributed by atoms with van der Waals surface area (Å²) in [7, 11) is 0. The number of nitrogens with zero attached hydrogens (tertiary/aromatic N) is 2. The van der Waals surface area contributed by atoms with Crippen LogP contribution < -0.4 is 0 Å². The van der Waals surface area contributed by atoms with Gasteiger partial charge in [-0.3, -0.25) is 4.79 Å². The third-order valence-electron chi connectivity index (χ3n) is 5.52. The average Bonchev–Trinajstić information content (AvgIpc) is 2.74. The van der Waals surface area contributed by atoms with Crippen molar-refractivity contribution >= 4 is 5.97 Å². The molecule has 0 aliphatic heterocycles. The monoisotopic (exact) mass is 292 g/mol. The van der Waals surface area contributed by atoms with Gasteiger partial charge in [0, 0.05) is 5.92 Å². The van der Waals surface area contributed by atoms with Crippen LogP contribution in [0.1, 0.15) is 76.9 Å². The molecular formula is C16H24N2O3. The Bertz CT molecular complexity index is 552. The highest BCUT2D eigenvalue weighted by molar-refractivity contribution is 5.77. The van der Waals surface area contributed by atoms with Gasteiger partial charge >= 0.3 is 5.97 Å². The first-order chi connectivity index (χ1) is 9.72. The molecule has 2 aliphatic carbocycles. The molecule has 1 heterocycles. The summed E-state index contributed by atoms with van der Waals surface area (Å²) in [6, 6.07) is 0. The van der Waals surface area contributed by atoms with Crippen LogP contribution >= 0.6 is 0 Å². The van der Waals surface area contributed by atoms with Gasteiger partial charge in [-0.05, 0) is 36.5 Å². The summed E-state index contributed by atoms with van der Waals surface area (Å²) in [5, 5.41) is 13.4. The van der Waals surface area contributed by atoms with Crippen LogP contribution in [0.5, 0.6) is 0 Å². The van der Waals surface area contributed by atoms with E-state index in [4.69, 9.17) is 4.52 Å². The Morgan fingerprint density at radius 2 is 1.86 bits per heavy atom. The first kappa shape index (κ1) is 14.5. The molecular weight excluding hydrogens is 268 g/mol. The topological polar surface area (TPSA) is 76.2 Å². The van der Waals surface area contributed by atoms with Gasteiger partial charge in [-0.2, -0.15) is 4.98 Å². The molecule has 0 aromatic carbocycles. The van der Waals surface area contributed by atoms with E-state index in [0.717, 1.165) is 18.7 Å². The van der Waals surface area contributed by atoms with Crippen LogP contribution in [0.25, 0.3) is 0 Å². The molecule has 1 aromatic rings. The van der Waals surface area contributed by atoms with Crippen LogP contribution in [-0.2, 0) is 4.79 Å². The first-order valence-corrected chi connectivity index (χ1v) is 7.79. The number of carboxylic acid groups (broad SMARTS) is 1. The Morgan fingerprint density at radius 3 is 2.38 bits per heavy atom. The molecule has 0 spiro atoms. The lowest BCUT2D eigenvalue weighted by Crippen LogP contribution is -2.20. The molecule has 2 unspecified atom stereocenters. The predicted octanol–water partition coefficient (Wildman–Crippen LogP) is 3.58. The van der Waals surface area contributed by atoms with Gasteiger partial charge in [-0.15, -0.1) is 0 Å². The summed E-state index contributed by atoms with van der Waals surface area (Å²) in [5.41, 5.74) is 0.125. The normalized spacial score (nSPS) is 31.0. The largest absolute Gasteiger partial charge is 0.481 e. The predicted molar refractivity (Wildman–Crippen MR) is 76.9 cm³/mol. The van der Waals surface area contributed by atoms with Crippen molar-refractivity contribution in [3.8, 4) is 0 Å². The van der Waals surface area contributed by atoms with Gasteiger partial charge in [0.1, 0.15) is 0 Å². The molecule has 3 rings (SSSR count). The Hall–Kier alpha value is -1.39. The molecule has 2 saturated carbocycles. The zero-order chi connectivity index (χ0) is 15.4. The van der Waals surface area contributed by atoms with Crippen LogP contribution in [0.2, 0.25) is 0 Å². The van der Waals surface area contributed by atoms with E-state index in [1.165, 1.54) is 12.8 Å². The third-order valence-corrected chi connectivity index (χ3v) is 5.52. The quantitative estimate of drug-likeness (QED) is 0.921. The van der Waals surface area contributed by atoms with Gasteiger partial charge in [-0.1, -0.05) is 32.9 Å². The minimum Gasteiger partial charge on any atom is -0.481 e. The maximum Gasteiger partial charge on any atom is 0.307 e. The number of carboxylic acids is 1. The van der Waals surface area contributed by atoms with Crippen molar-refractivity contribution in [2.45, 2.75) is 65.2 Å². The smallest absolute Gasteiger partial charge is 0.307 e. The molecule has 0 amide bonds. The summed E-state index contributed by atoms with van der Waals surface area (Å²) in [5.74, 6) is 0.316. The average molecular weight is 292 g/mol.